The van der Waals surface area contributed by atoms with Gasteiger partial charge in [-0.3, -0.25) is 4.79 Å². The molecule has 1 N–H and O–H groups in total. The highest BCUT2D eigenvalue weighted by atomic mass is 16.5. The van der Waals surface area contributed by atoms with E-state index in [1.54, 1.807) is 20.8 Å². The quantitative estimate of drug-likeness (QED) is 0.592. The lowest BCUT2D eigenvalue weighted by Gasteiger charge is -2.11. The summed E-state index contributed by atoms with van der Waals surface area (Å²) < 4.78 is 4.67. The summed E-state index contributed by atoms with van der Waals surface area (Å²) in [5, 5.41) is 8.92. The molecule has 0 aromatic rings. The zero-order valence-corrected chi connectivity index (χ0v) is 6.63. The molecular weight excluding hydrogens is 132 g/mol. The summed E-state index contributed by atoms with van der Waals surface area (Å²) in [6.45, 7) is 5.33. The van der Waals surface area contributed by atoms with Crippen molar-refractivity contribution in [1.82, 2.24) is 0 Å². The van der Waals surface area contributed by atoms with E-state index in [4.69, 9.17) is 5.11 Å². The van der Waals surface area contributed by atoms with Crippen molar-refractivity contribution in [2.45, 2.75) is 26.9 Å². The van der Waals surface area contributed by atoms with Gasteiger partial charge in [-0.2, -0.15) is 0 Å². The minimum absolute atomic E-state index is 0.336. The van der Waals surface area contributed by atoms with Gasteiger partial charge in [0.1, 0.15) is 0 Å². The summed E-state index contributed by atoms with van der Waals surface area (Å²) in [6.07, 6.45) is -0.626. The predicted molar refractivity (Wildman–Crippen MR) is 37.5 cm³/mol. The summed E-state index contributed by atoms with van der Waals surface area (Å²) in [7, 11) is 0. The van der Waals surface area contributed by atoms with Crippen LogP contribution in [0, 0.1) is 5.92 Å². The molecule has 0 amide bonds. The molecule has 0 aromatic heterocycles. The van der Waals surface area contributed by atoms with Crippen LogP contribution in [0.3, 0.4) is 0 Å². The van der Waals surface area contributed by atoms with Gasteiger partial charge in [0.25, 0.3) is 0 Å². The minimum atomic E-state index is -0.626. The maximum absolute atomic E-state index is 10.8. The van der Waals surface area contributed by atoms with Gasteiger partial charge in [0, 0.05) is 0 Å². The third-order valence-electron chi connectivity index (χ3n) is 1.38. The summed E-state index contributed by atoms with van der Waals surface area (Å²) in [4.78, 5) is 10.8. The van der Waals surface area contributed by atoms with Crippen LogP contribution in [0.2, 0.25) is 0 Å². The third kappa shape index (κ3) is 2.82. The second-order valence-electron chi connectivity index (χ2n) is 2.28. The first-order valence-electron chi connectivity index (χ1n) is 3.44. The molecule has 0 aliphatic rings. The number of rotatable bonds is 3. The molecule has 0 aliphatic heterocycles. The average Bonchev–Trinajstić information content (AvgIpc) is 1.87. The number of hydrogen-bond acceptors (Lipinski definition) is 3. The molecule has 2 atom stereocenters. The van der Waals surface area contributed by atoms with Crippen LogP contribution >= 0.6 is 0 Å². The minimum Gasteiger partial charge on any atom is -0.466 e. The zero-order chi connectivity index (χ0) is 8.15. The highest BCUT2D eigenvalue weighted by Crippen LogP contribution is 2.03. The Balaban J connectivity index is 3.71. The second kappa shape index (κ2) is 4.28. The van der Waals surface area contributed by atoms with Crippen LogP contribution in [0.5, 0.6) is 0 Å². The van der Waals surface area contributed by atoms with E-state index in [9.17, 15) is 4.79 Å². The number of ether oxygens (including phenoxy) is 1. The number of esters is 1. The van der Waals surface area contributed by atoms with Crippen molar-refractivity contribution in [3.8, 4) is 0 Å². The average molecular weight is 146 g/mol. The summed E-state index contributed by atoms with van der Waals surface area (Å²) >= 11 is 0. The third-order valence-corrected chi connectivity index (χ3v) is 1.38. The molecule has 0 spiro atoms. The molecule has 3 heteroatoms. The van der Waals surface area contributed by atoms with Crippen molar-refractivity contribution < 1.29 is 14.6 Å². The van der Waals surface area contributed by atoms with Crippen molar-refractivity contribution in [3.05, 3.63) is 0 Å². The monoisotopic (exact) mass is 146 g/mol. The van der Waals surface area contributed by atoms with Crippen LogP contribution < -0.4 is 0 Å². The van der Waals surface area contributed by atoms with Crippen molar-refractivity contribution in [3.63, 3.8) is 0 Å². The van der Waals surface area contributed by atoms with E-state index in [1.165, 1.54) is 0 Å². The molecule has 10 heavy (non-hydrogen) atoms. The lowest BCUT2D eigenvalue weighted by atomic mass is 10.1. The molecule has 0 saturated heterocycles. The first-order chi connectivity index (χ1) is 4.59. The Labute approximate surface area is 61.0 Å². The molecule has 0 aromatic carbocycles. The van der Waals surface area contributed by atoms with Gasteiger partial charge in [0.2, 0.25) is 0 Å². The number of hydrogen-bond donors (Lipinski definition) is 1. The Kier molecular flexibility index (Phi) is 4.03. The van der Waals surface area contributed by atoms with Gasteiger partial charge < -0.3 is 9.84 Å². The van der Waals surface area contributed by atoms with E-state index < -0.39 is 12.0 Å². The second-order valence-corrected chi connectivity index (χ2v) is 2.28. The fourth-order valence-electron chi connectivity index (χ4n) is 0.471. The van der Waals surface area contributed by atoms with Gasteiger partial charge in [0.15, 0.2) is 0 Å². The molecular formula is C7H14O3. The Morgan fingerprint density at radius 1 is 1.60 bits per heavy atom. The van der Waals surface area contributed by atoms with Gasteiger partial charge in [-0.05, 0) is 20.8 Å². The maximum atomic E-state index is 10.8. The first kappa shape index (κ1) is 9.43. The van der Waals surface area contributed by atoms with Crippen LogP contribution in [-0.4, -0.2) is 23.8 Å². The molecule has 3 nitrogen and oxygen atoms in total. The number of carbonyl (C=O) groups excluding carboxylic acids is 1. The molecule has 0 rings (SSSR count). The van der Waals surface area contributed by atoms with Crippen molar-refractivity contribution in [2.75, 3.05) is 6.61 Å². The first-order valence-corrected chi connectivity index (χ1v) is 3.44. The highest BCUT2D eigenvalue weighted by molar-refractivity contribution is 5.72. The molecule has 0 heterocycles. The smallest absolute Gasteiger partial charge is 0.311 e. The Bertz CT molecular complexity index is 109. The van der Waals surface area contributed by atoms with Crippen LogP contribution in [-0.2, 0) is 9.53 Å². The molecule has 0 radical (unpaired) electrons. The standard InChI is InChI=1S/C7H14O3/c1-4-10-7(9)5(2)6(3)8/h5-6,8H,4H2,1-3H3. The van der Waals surface area contributed by atoms with Gasteiger partial charge in [-0.15, -0.1) is 0 Å². The normalized spacial score (nSPS) is 16.0. The largest absolute Gasteiger partial charge is 0.466 e. The highest BCUT2D eigenvalue weighted by Gasteiger charge is 2.18. The van der Waals surface area contributed by atoms with Crippen LogP contribution in [0.4, 0.5) is 0 Å². The van der Waals surface area contributed by atoms with E-state index in [2.05, 4.69) is 4.74 Å². The molecule has 2 unspecified atom stereocenters. The Morgan fingerprint density at radius 2 is 2.10 bits per heavy atom. The van der Waals surface area contributed by atoms with E-state index in [-0.39, 0.29) is 5.97 Å². The number of aliphatic hydroxyl groups excluding tert-OH is 1. The van der Waals surface area contributed by atoms with E-state index in [1.807, 2.05) is 0 Å². The zero-order valence-electron chi connectivity index (χ0n) is 6.63. The lowest BCUT2D eigenvalue weighted by Crippen LogP contribution is -2.24. The van der Waals surface area contributed by atoms with Gasteiger partial charge >= 0.3 is 5.97 Å². The van der Waals surface area contributed by atoms with E-state index in [0.717, 1.165) is 0 Å². The van der Waals surface area contributed by atoms with Gasteiger partial charge in [-0.1, -0.05) is 0 Å². The van der Waals surface area contributed by atoms with Crippen molar-refractivity contribution in [2.24, 2.45) is 5.92 Å². The molecule has 0 aliphatic carbocycles. The van der Waals surface area contributed by atoms with Gasteiger partial charge in [0.05, 0.1) is 18.6 Å². The fraction of sp³-hybridized carbons (Fsp3) is 0.857. The maximum Gasteiger partial charge on any atom is 0.311 e. The lowest BCUT2D eigenvalue weighted by molar-refractivity contribution is -0.150. The summed E-state index contributed by atoms with van der Waals surface area (Å²) in [6, 6.07) is 0. The van der Waals surface area contributed by atoms with Crippen LogP contribution in [0.15, 0.2) is 0 Å². The summed E-state index contributed by atoms with van der Waals surface area (Å²) in [5.74, 6) is -0.752. The van der Waals surface area contributed by atoms with E-state index in [0.29, 0.717) is 6.61 Å². The molecule has 0 saturated carbocycles. The Morgan fingerprint density at radius 3 is 2.40 bits per heavy atom. The van der Waals surface area contributed by atoms with E-state index >= 15 is 0 Å². The van der Waals surface area contributed by atoms with Crippen molar-refractivity contribution in [1.29, 1.82) is 0 Å². The SMILES string of the molecule is CCOC(=O)C(C)C(C)O. The fourth-order valence-corrected chi connectivity index (χ4v) is 0.471. The van der Waals surface area contributed by atoms with Gasteiger partial charge in [-0.25, -0.2) is 0 Å². The van der Waals surface area contributed by atoms with Crippen LogP contribution in [0.25, 0.3) is 0 Å². The predicted octanol–water partition coefficient (Wildman–Crippen LogP) is 0.566. The topological polar surface area (TPSA) is 46.5 Å². The summed E-state index contributed by atoms with van der Waals surface area (Å²) in [5.41, 5.74) is 0. The van der Waals surface area contributed by atoms with Crippen LogP contribution in [0.1, 0.15) is 20.8 Å². The molecule has 0 bridgehead atoms. The molecule has 60 valence electrons. The number of carbonyl (C=O) groups is 1. The number of aliphatic hydroxyl groups is 1. The Hall–Kier alpha value is -0.570. The van der Waals surface area contributed by atoms with Crippen molar-refractivity contribution >= 4 is 5.97 Å². The molecule has 0 fully saturated rings.